The maximum atomic E-state index is 12.7. The van der Waals surface area contributed by atoms with Gasteiger partial charge in [-0.2, -0.15) is 0 Å². The topological polar surface area (TPSA) is 38.8 Å². The Bertz CT molecular complexity index is 812. The van der Waals surface area contributed by atoms with Crippen LogP contribution in [0.1, 0.15) is 45.5 Å². The van der Waals surface area contributed by atoms with Gasteiger partial charge in [0.15, 0.2) is 11.6 Å². The highest BCUT2D eigenvalue weighted by molar-refractivity contribution is 6.09. The smallest absolute Gasteiger partial charge is 0.193 e. The lowest BCUT2D eigenvalue weighted by Crippen LogP contribution is -2.44. The van der Waals surface area contributed by atoms with E-state index in [4.69, 9.17) is 9.47 Å². The first-order chi connectivity index (χ1) is 13.0. The minimum absolute atomic E-state index is 0.0834. The van der Waals surface area contributed by atoms with Crippen molar-refractivity contribution in [3.8, 4) is 0 Å². The van der Waals surface area contributed by atoms with Gasteiger partial charge in [-0.1, -0.05) is 36.4 Å². The first kappa shape index (κ1) is 18.4. The van der Waals surface area contributed by atoms with Crippen molar-refractivity contribution in [2.75, 3.05) is 26.3 Å². The quantitative estimate of drug-likeness (QED) is 0.771. The van der Waals surface area contributed by atoms with Crippen molar-refractivity contribution in [3.63, 3.8) is 0 Å². The molecular formula is C23H27NO3. The van der Waals surface area contributed by atoms with E-state index in [0.29, 0.717) is 0 Å². The molecule has 0 saturated carbocycles. The first-order valence-corrected chi connectivity index (χ1v) is 9.76. The molecule has 4 rings (SSSR count). The van der Waals surface area contributed by atoms with Crippen molar-refractivity contribution < 1.29 is 14.3 Å². The van der Waals surface area contributed by atoms with Crippen LogP contribution in [0.5, 0.6) is 0 Å². The number of aryl methyl sites for hydroxylation is 2. The van der Waals surface area contributed by atoms with Gasteiger partial charge in [0, 0.05) is 43.6 Å². The summed E-state index contributed by atoms with van der Waals surface area (Å²) in [6.07, 6.45) is 1.85. The molecule has 4 nitrogen and oxygen atoms in total. The molecule has 0 aliphatic carbocycles. The van der Waals surface area contributed by atoms with E-state index in [-0.39, 0.29) is 11.6 Å². The average Bonchev–Trinajstić information content (AvgIpc) is 3.14. The van der Waals surface area contributed by atoms with Crippen LogP contribution in [0.3, 0.4) is 0 Å². The molecule has 2 aromatic rings. The lowest BCUT2D eigenvalue weighted by atomic mass is 9.98. The van der Waals surface area contributed by atoms with E-state index in [1.165, 1.54) is 11.1 Å². The van der Waals surface area contributed by atoms with Crippen LogP contribution in [-0.4, -0.2) is 42.8 Å². The summed E-state index contributed by atoms with van der Waals surface area (Å²) in [6.45, 7) is 8.39. The summed E-state index contributed by atoms with van der Waals surface area (Å²) in [5.41, 5.74) is 5.08. The Kier molecular flexibility index (Phi) is 5.13. The Balaban J connectivity index is 1.37. The largest absolute Gasteiger partial charge is 0.347 e. The lowest BCUT2D eigenvalue weighted by Gasteiger charge is -2.37. The van der Waals surface area contributed by atoms with Crippen LogP contribution in [0.4, 0.5) is 0 Å². The molecule has 2 aliphatic heterocycles. The van der Waals surface area contributed by atoms with Crippen molar-refractivity contribution >= 4 is 5.78 Å². The van der Waals surface area contributed by atoms with Crippen LogP contribution in [0.15, 0.2) is 42.5 Å². The number of ketones is 1. The number of ether oxygens (including phenoxy) is 2. The zero-order valence-electron chi connectivity index (χ0n) is 16.2. The van der Waals surface area contributed by atoms with Crippen LogP contribution < -0.4 is 0 Å². The SMILES string of the molecule is Cc1ccc(C(=O)c2ccc(CN3CCC4(CC3)OCCO4)cc2)cc1C. The van der Waals surface area contributed by atoms with E-state index in [9.17, 15) is 4.79 Å². The van der Waals surface area contributed by atoms with Gasteiger partial charge in [0.05, 0.1) is 13.2 Å². The molecule has 2 fully saturated rings. The van der Waals surface area contributed by atoms with E-state index in [1.54, 1.807) is 0 Å². The highest BCUT2D eigenvalue weighted by atomic mass is 16.7. The summed E-state index contributed by atoms with van der Waals surface area (Å²) in [7, 11) is 0. The number of piperidine rings is 1. The van der Waals surface area contributed by atoms with Crippen molar-refractivity contribution in [2.24, 2.45) is 0 Å². The summed E-state index contributed by atoms with van der Waals surface area (Å²) in [5.74, 6) is -0.237. The van der Waals surface area contributed by atoms with Gasteiger partial charge in [0.2, 0.25) is 0 Å². The number of rotatable bonds is 4. The Labute approximate surface area is 161 Å². The van der Waals surface area contributed by atoms with Gasteiger partial charge in [-0.25, -0.2) is 0 Å². The molecule has 2 aromatic carbocycles. The third-order valence-electron chi connectivity index (χ3n) is 5.82. The minimum Gasteiger partial charge on any atom is -0.347 e. The average molecular weight is 365 g/mol. The van der Waals surface area contributed by atoms with E-state index in [2.05, 4.69) is 24.0 Å². The van der Waals surface area contributed by atoms with Crippen molar-refractivity contribution in [1.82, 2.24) is 4.90 Å². The van der Waals surface area contributed by atoms with E-state index in [1.807, 2.05) is 37.3 Å². The van der Waals surface area contributed by atoms with Crippen LogP contribution in [0, 0.1) is 13.8 Å². The van der Waals surface area contributed by atoms with Crippen LogP contribution in [0.25, 0.3) is 0 Å². The number of carbonyl (C=O) groups excluding carboxylic acids is 1. The second kappa shape index (κ2) is 7.55. The monoisotopic (exact) mass is 365 g/mol. The highest BCUT2D eigenvalue weighted by Gasteiger charge is 2.39. The van der Waals surface area contributed by atoms with Gasteiger partial charge < -0.3 is 9.47 Å². The molecule has 0 unspecified atom stereocenters. The number of nitrogens with zero attached hydrogens (tertiary/aromatic N) is 1. The van der Waals surface area contributed by atoms with Crippen molar-refractivity contribution in [1.29, 1.82) is 0 Å². The van der Waals surface area contributed by atoms with E-state index in [0.717, 1.165) is 62.4 Å². The van der Waals surface area contributed by atoms with Gasteiger partial charge in [-0.15, -0.1) is 0 Å². The fourth-order valence-electron chi connectivity index (χ4n) is 3.91. The summed E-state index contributed by atoms with van der Waals surface area (Å²) in [6, 6.07) is 13.9. The number of benzene rings is 2. The van der Waals surface area contributed by atoms with Crippen LogP contribution in [-0.2, 0) is 16.0 Å². The van der Waals surface area contributed by atoms with Crippen LogP contribution >= 0.6 is 0 Å². The molecule has 0 bridgehead atoms. The molecule has 1 spiro atoms. The van der Waals surface area contributed by atoms with Crippen molar-refractivity contribution in [2.45, 2.75) is 39.0 Å². The third-order valence-corrected chi connectivity index (χ3v) is 5.82. The molecule has 142 valence electrons. The number of likely N-dealkylation sites (tertiary alicyclic amines) is 1. The van der Waals surface area contributed by atoms with Gasteiger partial charge in [0.1, 0.15) is 0 Å². The maximum absolute atomic E-state index is 12.7. The Morgan fingerprint density at radius 1 is 0.926 bits per heavy atom. The van der Waals surface area contributed by atoms with Crippen molar-refractivity contribution in [3.05, 3.63) is 70.3 Å². The zero-order valence-corrected chi connectivity index (χ0v) is 16.2. The predicted molar refractivity (Wildman–Crippen MR) is 105 cm³/mol. The highest BCUT2D eigenvalue weighted by Crippen LogP contribution is 2.31. The number of hydrogen-bond acceptors (Lipinski definition) is 4. The molecule has 0 atom stereocenters. The molecule has 27 heavy (non-hydrogen) atoms. The van der Waals surface area contributed by atoms with E-state index >= 15 is 0 Å². The second-order valence-corrected chi connectivity index (χ2v) is 7.71. The molecule has 0 N–H and O–H groups in total. The van der Waals surface area contributed by atoms with Gasteiger partial charge in [-0.3, -0.25) is 9.69 Å². The molecule has 0 aromatic heterocycles. The molecule has 4 heteroatoms. The van der Waals surface area contributed by atoms with Crippen LogP contribution in [0.2, 0.25) is 0 Å². The number of hydrogen-bond donors (Lipinski definition) is 0. The molecule has 2 heterocycles. The standard InChI is InChI=1S/C23H27NO3/c1-17-3-6-21(15-18(17)2)22(25)20-7-4-19(5-8-20)16-24-11-9-23(10-12-24)26-13-14-27-23/h3-8,15H,9-14,16H2,1-2H3. The van der Waals surface area contributed by atoms with Gasteiger partial charge in [-0.05, 0) is 36.6 Å². The minimum atomic E-state index is -0.320. The van der Waals surface area contributed by atoms with E-state index < -0.39 is 0 Å². The Morgan fingerprint density at radius 2 is 1.56 bits per heavy atom. The fourth-order valence-corrected chi connectivity index (χ4v) is 3.91. The summed E-state index contributed by atoms with van der Waals surface area (Å²) >= 11 is 0. The predicted octanol–water partition coefficient (Wildman–Crippen LogP) is 3.87. The summed E-state index contributed by atoms with van der Waals surface area (Å²) in [5, 5.41) is 0. The summed E-state index contributed by atoms with van der Waals surface area (Å²) in [4.78, 5) is 15.1. The van der Waals surface area contributed by atoms with Gasteiger partial charge >= 0.3 is 0 Å². The second-order valence-electron chi connectivity index (χ2n) is 7.71. The third kappa shape index (κ3) is 3.98. The molecule has 0 radical (unpaired) electrons. The lowest BCUT2D eigenvalue weighted by molar-refractivity contribution is -0.185. The first-order valence-electron chi connectivity index (χ1n) is 9.76. The van der Waals surface area contributed by atoms with Gasteiger partial charge in [0.25, 0.3) is 0 Å². The Morgan fingerprint density at radius 3 is 2.19 bits per heavy atom. The maximum Gasteiger partial charge on any atom is 0.193 e. The molecular weight excluding hydrogens is 338 g/mol. The zero-order chi connectivity index (χ0) is 18.9. The normalized spacial score (nSPS) is 19.5. The Hall–Kier alpha value is -2.01. The summed E-state index contributed by atoms with van der Waals surface area (Å²) < 4.78 is 11.6. The molecule has 2 saturated heterocycles. The number of carbonyl (C=O) groups is 1. The molecule has 2 aliphatic rings. The fraction of sp³-hybridized carbons (Fsp3) is 0.435. The molecule has 0 amide bonds.